The van der Waals surface area contributed by atoms with Gasteiger partial charge in [-0.05, 0) is 30.6 Å². The summed E-state index contributed by atoms with van der Waals surface area (Å²) in [5.74, 6) is 0.0795. The molecule has 20 heavy (non-hydrogen) atoms. The Morgan fingerprint density at radius 3 is 2.40 bits per heavy atom. The molecule has 2 bridgehead atoms. The quantitative estimate of drug-likeness (QED) is 0.764. The van der Waals surface area contributed by atoms with Gasteiger partial charge in [0.2, 0.25) is 6.41 Å². The maximum atomic E-state index is 12.6. The summed E-state index contributed by atoms with van der Waals surface area (Å²) in [6.07, 6.45) is 1.66. The topological polar surface area (TPSA) is 75.3 Å². The van der Waals surface area contributed by atoms with Gasteiger partial charge in [-0.25, -0.2) is 8.42 Å². The molecule has 0 aromatic carbocycles. The molecule has 3 unspecified atom stereocenters. The summed E-state index contributed by atoms with van der Waals surface area (Å²) in [6, 6.07) is -0.650. The van der Waals surface area contributed by atoms with Crippen LogP contribution in [0.2, 0.25) is 0 Å². The van der Waals surface area contributed by atoms with Gasteiger partial charge >= 0.3 is 15.5 Å². The van der Waals surface area contributed by atoms with Crippen molar-refractivity contribution in [2.24, 2.45) is 11.3 Å². The lowest BCUT2D eigenvalue weighted by Crippen LogP contribution is -2.63. The van der Waals surface area contributed by atoms with Crippen LogP contribution in [0.4, 0.5) is 13.2 Å². The van der Waals surface area contributed by atoms with E-state index in [1.807, 2.05) is 18.6 Å². The van der Waals surface area contributed by atoms with Gasteiger partial charge in [0.15, 0.2) is 0 Å². The Morgan fingerprint density at radius 2 is 1.90 bits per heavy atom. The molecule has 2 N–H and O–H groups in total. The highest BCUT2D eigenvalue weighted by molar-refractivity contribution is 7.90. The fraction of sp³-hybridized carbons (Fsp3) is 0.909. The number of hydrogen-bond donors (Lipinski definition) is 2. The molecule has 2 fully saturated rings. The van der Waals surface area contributed by atoms with Gasteiger partial charge in [0, 0.05) is 0 Å². The Bertz CT molecular complexity index is 517. The molecule has 0 saturated heterocycles. The Hall–Kier alpha value is -0.830. The number of sulfonamides is 1. The Balaban J connectivity index is 2.36. The van der Waals surface area contributed by atoms with E-state index in [0.29, 0.717) is 25.7 Å². The van der Waals surface area contributed by atoms with Crippen LogP contribution in [-0.4, -0.2) is 31.9 Å². The first kappa shape index (κ1) is 15.6. The van der Waals surface area contributed by atoms with Gasteiger partial charge in [-0.1, -0.05) is 13.8 Å². The molecule has 0 radical (unpaired) electrons. The lowest BCUT2D eigenvalue weighted by Gasteiger charge is -2.43. The number of halogens is 3. The van der Waals surface area contributed by atoms with E-state index in [4.69, 9.17) is 0 Å². The fourth-order valence-electron chi connectivity index (χ4n) is 3.84. The molecular weight excluding hydrogens is 297 g/mol. The summed E-state index contributed by atoms with van der Waals surface area (Å²) < 4.78 is 62.3. The Labute approximate surface area is 115 Å². The highest BCUT2D eigenvalue weighted by Crippen LogP contribution is 2.58. The van der Waals surface area contributed by atoms with E-state index in [-0.39, 0.29) is 5.92 Å². The summed E-state index contributed by atoms with van der Waals surface area (Å²) in [5, 5.41) is 2.51. The van der Waals surface area contributed by atoms with Crippen molar-refractivity contribution in [2.75, 3.05) is 0 Å². The highest BCUT2D eigenvalue weighted by Gasteiger charge is 2.65. The van der Waals surface area contributed by atoms with Crippen molar-refractivity contribution in [1.29, 1.82) is 0 Å². The number of carbonyl (C=O) groups excluding carboxylic acids is 1. The number of rotatable bonds is 4. The van der Waals surface area contributed by atoms with Crippen molar-refractivity contribution in [3.05, 3.63) is 0 Å². The lowest BCUT2D eigenvalue weighted by molar-refractivity contribution is -0.111. The summed E-state index contributed by atoms with van der Waals surface area (Å²) >= 11 is 0. The van der Waals surface area contributed by atoms with Crippen LogP contribution in [0.1, 0.15) is 33.1 Å². The molecule has 2 aliphatic rings. The second kappa shape index (κ2) is 4.33. The van der Waals surface area contributed by atoms with Gasteiger partial charge in [0.25, 0.3) is 0 Å². The predicted molar refractivity (Wildman–Crippen MR) is 65.0 cm³/mol. The van der Waals surface area contributed by atoms with Crippen molar-refractivity contribution < 1.29 is 26.4 Å². The van der Waals surface area contributed by atoms with Crippen LogP contribution in [0.25, 0.3) is 0 Å². The van der Waals surface area contributed by atoms with Crippen LogP contribution in [0, 0.1) is 11.3 Å². The molecule has 1 amide bonds. The number of nitrogens with one attached hydrogen (secondary N) is 2. The standard InChI is InChI=1S/C11H17F3N2O3S/c1-9(2)7-3-4-10(5-7,8(9)15-6-17)16-20(18,19)11(12,13)14/h6-8,16H,3-5H2,1-2H3,(H,15,17). The minimum absolute atomic E-state index is 0.0795. The Morgan fingerprint density at radius 1 is 1.30 bits per heavy atom. The van der Waals surface area contributed by atoms with Gasteiger partial charge < -0.3 is 5.32 Å². The zero-order valence-corrected chi connectivity index (χ0v) is 11.9. The van der Waals surface area contributed by atoms with Crippen molar-refractivity contribution in [3.8, 4) is 0 Å². The van der Waals surface area contributed by atoms with Gasteiger partial charge in [0.1, 0.15) is 0 Å². The van der Waals surface area contributed by atoms with E-state index in [2.05, 4.69) is 5.32 Å². The summed E-state index contributed by atoms with van der Waals surface area (Å²) in [7, 11) is -5.43. The van der Waals surface area contributed by atoms with Crippen LogP contribution in [0.5, 0.6) is 0 Å². The first-order chi connectivity index (χ1) is 8.96. The number of hydrogen-bond acceptors (Lipinski definition) is 3. The van der Waals surface area contributed by atoms with Gasteiger partial charge in [-0.15, -0.1) is 0 Å². The van der Waals surface area contributed by atoms with Gasteiger partial charge in [0.05, 0.1) is 11.6 Å². The van der Waals surface area contributed by atoms with Crippen LogP contribution in [0.15, 0.2) is 0 Å². The molecule has 2 aliphatic carbocycles. The zero-order valence-electron chi connectivity index (χ0n) is 11.1. The third-order valence-corrected chi connectivity index (χ3v) is 6.06. The molecule has 0 spiro atoms. The number of fused-ring (bicyclic) bond motifs is 2. The predicted octanol–water partition coefficient (Wildman–Crippen LogP) is 1.12. The van der Waals surface area contributed by atoms with Crippen LogP contribution in [-0.2, 0) is 14.8 Å². The SMILES string of the molecule is CC1(C)C2CCC(NS(=O)(=O)C(F)(F)F)(C2)C1NC=O. The molecule has 116 valence electrons. The van der Waals surface area contributed by atoms with E-state index < -0.39 is 32.5 Å². The molecule has 2 rings (SSSR count). The molecule has 0 aromatic rings. The molecule has 2 saturated carbocycles. The summed E-state index contributed by atoms with van der Waals surface area (Å²) in [6.45, 7) is 3.67. The maximum Gasteiger partial charge on any atom is 0.511 e. The third-order valence-electron chi connectivity index (χ3n) is 4.78. The minimum Gasteiger partial charge on any atom is -0.353 e. The monoisotopic (exact) mass is 314 g/mol. The first-order valence-corrected chi connectivity index (χ1v) is 7.74. The largest absolute Gasteiger partial charge is 0.511 e. The van der Waals surface area contributed by atoms with Crippen molar-refractivity contribution in [1.82, 2.24) is 10.0 Å². The zero-order chi connectivity index (χ0) is 15.4. The van der Waals surface area contributed by atoms with Gasteiger partial charge in [-0.2, -0.15) is 17.9 Å². The average molecular weight is 314 g/mol. The van der Waals surface area contributed by atoms with Crippen LogP contribution < -0.4 is 10.0 Å². The van der Waals surface area contributed by atoms with E-state index in [9.17, 15) is 26.4 Å². The molecule has 9 heteroatoms. The van der Waals surface area contributed by atoms with Crippen LogP contribution in [0.3, 0.4) is 0 Å². The number of alkyl halides is 3. The fourth-order valence-corrected chi connectivity index (χ4v) is 4.79. The molecule has 0 heterocycles. The Kier molecular flexibility index (Phi) is 3.37. The molecule has 0 aromatic heterocycles. The second-order valence-corrected chi connectivity index (χ2v) is 7.86. The molecule has 3 atom stereocenters. The smallest absolute Gasteiger partial charge is 0.353 e. The van der Waals surface area contributed by atoms with Crippen LogP contribution >= 0.6 is 0 Å². The van der Waals surface area contributed by atoms with E-state index in [1.165, 1.54) is 0 Å². The highest BCUT2D eigenvalue weighted by atomic mass is 32.2. The van der Waals surface area contributed by atoms with Crippen molar-refractivity contribution >= 4 is 16.4 Å². The van der Waals surface area contributed by atoms with E-state index in [0.717, 1.165) is 0 Å². The normalized spacial score (nSPS) is 36.0. The average Bonchev–Trinajstić information content (AvgIpc) is 2.75. The lowest BCUT2D eigenvalue weighted by atomic mass is 9.71. The first-order valence-electron chi connectivity index (χ1n) is 6.26. The molecule has 0 aliphatic heterocycles. The minimum atomic E-state index is -5.43. The third kappa shape index (κ3) is 2.11. The maximum absolute atomic E-state index is 12.6. The summed E-state index contributed by atoms with van der Waals surface area (Å²) in [4.78, 5) is 10.7. The molecular formula is C11H17F3N2O3S. The number of carbonyl (C=O) groups is 1. The van der Waals surface area contributed by atoms with Crippen molar-refractivity contribution in [2.45, 2.75) is 50.2 Å². The van der Waals surface area contributed by atoms with E-state index in [1.54, 1.807) is 0 Å². The number of amides is 1. The molecule has 5 nitrogen and oxygen atoms in total. The van der Waals surface area contributed by atoms with E-state index >= 15 is 0 Å². The second-order valence-electron chi connectivity index (χ2n) is 6.19. The van der Waals surface area contributed by atoms with Gasteiger partial charge in [-0.3, -0.25) is 4.79 Å². The summed E-state index contributed by atoms with van der Waals surface area (Å²) in [5.41, 5.74) is -7.05. The van der Waals surface area contributed by atoms with Crippen molar-refractivity contribution in [3.63, 3.8) is 0 Å².